The Morgan fingerprint density at radius 1 is 1.50 bits per heavy atom. The molecule has 98 valence electrons. The second-order valence-corrected chi connectivity index (χ2v) is 5.23. The van der Waals surface area contributed by atoms with Crippen LogP contribution in [0.1, 0.15) is 33.6 Å². The summed E-state index contributed by atoms with van der Waals surface area (Å²) < 4.78 is 0. The average molecular weight is 249 g/mol. The highest BCUT2D eigenvalue weighted by molar-refractivity contribution is 5.81. The molecule has 0 aromatic rings. The molecule has 1 atom stereocenters. The van der Waals surface area contributed by atoms with Gasteiger partial charge in [-0.15, -0.1) is 0 Å². The Hall–Kier alpha value is -1.60. The number of nitrogens with zero attached hydrogens (tertiary/aromatic N) is 1. The molecule has 1 saturated carbocycles. The topological polar surface area (TPSA) is 81.3 Å². The molecule has 1 aliphatic carbocycles. The van der Waals surface area contributed by atoms with Crippen LogP contribution < -0.4 is 0 Å². The van der Waals surface area contributed by atoms with E-state index in [-0.39, 0.29) is 5.92 Å². The van der Waals surface area contributed by atoms with Gasteiger partial charge in [-0.25, -0.2) is 4.79 Å². The van der Waals surface area contributed by atoms with Gasteiger partial charge in [0.25, 0.3) is 0 Å². The molecular formula is C14H19NO3. The molecule has 0 aromatic heterocycles. The monoisotopic (exact) mass is 249 g/mol. The van der Waals surface area contributed by atoms with E-state index in [9.17, 15) is 15.2 Å². The van der Waals surface area contributed by atoms with Gasteiger partial charge in [0.1, 0.15) is 5.60 Å². The Bertz CT molecular complexity index is 438. The quantitative estimate of drug-likeness (QED) is 0.578. The van der Waals surface area contributed by atoms with Crippen LogP contribution in [0.5, 0.6) is 0 Å². The third-order valence-electron chi connectivity index (χ3n) is 3.56. The van der Waals surface area contributed by atoms with Gasteiger partial charge in [0.2, 0.25) is 0 Å². The lowest BCUT2D eigenvalue weighted by Crippen LogP contribution is -2.42. The van der Waals surface area contributed by atoms with Crippen LogP contribution in [0.2, 0.25) is 0 Å². The fourth-order valence-electron chi connectivity index (χ4n) is 2.13. The fourth-order valence-corrected chi connectivity index (χ4v) is 2.13. The van der Waals surface area contributed by atoms with E-state index in [0.717, 1.165) is 6.08 Å². The summed E-state index contributed by atoms with van der Waals surface area (Å²) in [5, 5.41) is 28.5. The van der Waals surface area contributed by atoms with Crippen molar-refractivity contribution in [2.45, 2.75) is 39.2 Å². The van der Waals surface area contributed by atoms with Crippen LogP contribution in [-0.2, 0) is 4.79 Å². The first-order chi connectivity index (χ1) is 8.27. The predicted molar refractivity (Wildman–Crippen MR) is 67.6 cm³/mol. The molecule has 0 bridgehead atoms. The van der Waals surface area contributed by atoms with E-state index < -0.39 is 17.0 Å². The molecule has 0 radical (unpaired) electrons. The summed E-state index contributed by atoms with van der Waals surface area (Å²) in [6, 6.07) is 2.20. The minimum absolute atomic E-state index is 0.103. The summed E-state index contributed by atoms with van der Waals surface area (Å²) in [6.45, 7) is 5.37. The van der Waals surface area contributed by atoms with Crippen molar-refractivity contribution in [1.29, 1.82) is 5.26 Å². The molecule has 2 N–H and O–H groups in total. The number of aliphatic carboxylic acids is 1. The van der Waals surface area contributed by atoms with Gasteiger partial charge < -0.3 is 10.2 Å². The van der Waals surface area contributed by atoms with Crippen LogP contribution in [-0.4, -0.2) is 21.8 Å². The number of hydrogen-bond acceptors (Lipinski definition) is 3. The lowest BCUT2D eigenvalue weighted by Gasteiger charge is -2.33. The smallest absolute Gasteiger partial charge is 0.328 e. The van der Waals surface area contributed by atoms with Gasteiger partial charge in [-0.1, -0.05) is 26.0 Å². The number of nitriles is 1. The molecule has 1 rings (SSSR count). The lowest BCUT2D eigenvalue weighted by atomic mass is 9.76. The van der Waals surface area contributed by atoms with E-state index in [1.165, 1.54) is 0 Å². The van der Waals surface area contributed by atoms with E-state index in [1.54, 1.807) is 19.1 Å². The Labute approximate surface area is 107 Å². The SMILES string of the molecule is CC(=C/C(=O)O)/C=C/[C@@](O)(C(C)C)C1(C#N)CC1. The molecule has 4 heteroatoms. The molecule has 0 aliphatic heterocycles. The first-order valence-corrected chi connectivity index (χ1v) is 6.01. The molecule has 0 spiro atoms. The average Bonchev–Trinajstić information content (AvgIpc) is 3.05. The molecule has 0 aromatic carbocycles. The van der Waals surface area contributed by atoms with Crippen LogP contribution >= 0.6 is 0 Å². The summed E-state index contributed by atoms with van der Waals surface area (Å²) in [5.41, 5.74) is -1.37. The first kappa shape index (κ1) is 14.5. The highest BCUT2D eigenvalue weighted by atomic mass is 16.4. The molecule has 0 unspecified atom stereocenters. The van der Waals surface area contributed by atoms with Crippen LogP contribution in [0.3, 0.4) is 0 Å². The van der Waals surface area contributed by atoms with Crippen molar-refractivity contribution in [3.05, 3.63) is 23.8 Å². The largest absolute Gasteiger partial charge is 0.478 e. The molecule has 4 nitrogen and oxygen atoms in total. The summed E-state index contributed by atoms with van der Waals surface area (Å²) in [4.78, 5) is 10.5. The maximum absolute atomic E-state index is 10.7. The highest BCUT2D eigenvalue weighted by Gasteiger charge is 2.59. The third-order valence-corrected chi connectivity index (χ3v) is 3.56. The summed E-state index contributed by atoms with van der Waals surface area (Å²) in [6.07, 6.45) is 5.59. The zero-order valence-electron chi connectivity index (χ0n) is 11.0. The number of carboxylic acids is 1. The van der Waals surface area contributed by atoms with Crippen molar-refractivity contribution >= 4 is 5.97 Å². The van der Waals surface area contributed by atoms with E-state index in [1.807, 2.05) is 13.8 Å². The first-order valence-electron chi connectivity index (χ1n) is 6.01. The summed E-state index contributed by atoms with van der Waals surface area (Å²) >= 11 is 0. The Kier molecular flexibility index (Phi) is 3.98. The van der Waals surface area contributed by atoms with E-state index in [2.05, 4.69) is 6.07 Å². The van der Waals surface area contributed by atoms with Crippen LogP contribution in [0.4, 0.5) is 0 Å². The summed E-state index contributed by atoms with van der Waals surface area (Å²) in [7, 11) is 0. The van der Waals surface area contributed by atoms with Gasteiger partial charge in [0, 0.05) is 6.08 Å². The number of allylic oxidation sites excluding steroid dienone is 2. The molecule has 18 heavy (non-hydrogen) atoms. The van der Waals surface area contributed by atoms with Crippen molar-refractivity contribution in [3.8, 4) is 6.07 Å². The van der Waals surface area contributed by atoms with Crippen molar-refractivity contribution in [1.82, 2.24) is 0 Å². The maximum Gasteiger partial charge on any atom is 0.328 e. The third kappa shape index (κ3) is 2.62. The number of aliphatic hydroxyl groups is 1. The number of rotatable bonds is 5. The van der Waals surface area contributed by atoms with Gasteiger partial charge >= 0.3 is 5.97 Å². The Morgan fingerprint density at radius 2 is 2.06 bits per heavy atom. The Morgan fingerprint density at radius 3 is 2.39 bits per heavy atom. The van der Waals surface area contributed by atoms with Gasteiger partial charge in [-0.05, 0) is 31.3 Å². The van der Waals surface area contributed by atoms with Crippen molar-refractivity contribution < 1.29 is 15.0 Å². The fraction of sp³-hybridized carbons (Fsp3) is 0.571. The standard InChI is InChI=1S/C14H19NO3/c1-10(2)14(18,13(9-15)6-7-13)5-4-11(3)8-12(16)17/h4-5,8,10,18H,6-7H2,1-3H3,(H,16,17)/b5-4+,11-8-/t14-/m1/s1. The second kappa shape index (κ2) is 4.95. The molecule has 0 saturated heterocycles. The Balaban J connectivity index is 3.00. The number of carbonyl (C=O) groups is 1. The van der Waals surface area contributed by atoms with E-state index in [4.69, 9.17) is 5.11 Å². The molecule has 0 heterocycles. The molecule has 1 aliphatic rings. The minimum Gasteiger partial charge on any atom is -0.478 e. The number of hydrogen-bond donors (Lipinski definition) is 2. The van der Waals surface area contributed by atoms with Crippen molar-refractivity contribution in [2.24, 2.45) is 11.3 Å². The zero-order chi connectivity index (χ0) is 14.0. The zero-order valence-corrected chi connectivity index (χ0v) is 11.0. The van der Waals surface area contributed by atoms with E-state index in [0.29, 0.717) is 18.4 Å². The van der Waals surface area contributed by atoms with E-state index >= 15 is 0 Å². The second-order valence-electron chi connectivity index (χ2n) is 5.23. The van der Waals surface area contributed by atoms with Gasteiger partial charge in [0.15, 0.2) is 0 Å². The van der Waals surface area contributed by atoms with Crippen LogP contribution in [0.15, 0.2) is 23.8 Å². The van der Waals surface area contributed by atoms with Gasteiger partial charge in [-0.2, -0.15) is 5.26 Å². The van der Waals surface area contributed by atoms with Crippen LogP contribution in [0, 0.1) is 22.7 Å². The van der Waals surface area contributed by atoms with Crippen LogP contribution in [0.25, 0.3) is 0 Å². The predicted octanol–water partition coefficient (Wildman–Crippen LogP) is 2.26. The van der Waals surface area contributed by atoms with Gasteiger partial charge in [-0.3, -0.25) is 0 Å². The van der Waals surface area contributed by atoms with Crippen molar-refractivity contribution in [3.63, 3.8) is 0 Å². The minimum atomic E-state index is -1.20. The lowest BCUT2D eigenvalue weighted by molar-refractivity contribution is -0.131. The van der Waals surface area contributed by atoms with Gasteiger partial charge in [0.05, 0.1) is 11.5 Å². The maximum atomic E-state index is 10.7. The summed E-state index contributed by atoms with van der Waals surface area (Å²) in [5.74, 6) is -1.12. The molecular weight excluding hydrogens is 230 g/mol. The molecule has 1 fully saturated rings. The normalized spacial score (nSPS) is 21.7. The number of carboxylic acid groups (broad SMARTS) is 1. The molecule has 0 amide bonds. The van der Waals surface area contributed by atoms with Crippen molar-refractivity contribution in [2.75, 3.05) is 0 Å². The highest BCUT2D eigenvalue weighted by Crippen LogP contribution is 2.56.